The van der Waals surface area contributed by atoms with Crippen molar-refractivity contribution in [1.82, 2.24) is 14.3 Å². The smallest absolute Gasteiger partial charge is 0.242 e. The molecule has 0 aliphatic heterocycles. The summed E-state index contributed by atoms with van der Waals surface area (Å²) in [5.74, 6) is 0. The van der Waals surface area contributed by atoms with Crippen LogP contribution in [0.4, 0.5) is 0 Å². The third-order valence-electron chi connectivity index (χ3n) is 2.40. The molecule has 0 amide bonds. The van der Waals surface area contributed by atoms with Gasteiger partial charge in [-0.1, -0.05) is 27.5 Å². The molecule has 0 radical (unpaired) electrons. The van der Waals surface area contributed by atoms with Gasteiger partial charge in [0.2, 0.25) is 10.0 Å². The molecule has 1 aromatic heterocycles. The Bertz CT molecular complexity index is 659. The van der Waals surface area contributed by atoms with Gasteiger partial charge in [0.15, 0.2) is 0 Å². The molecule has 2 rings (SSSR count). The van der Waals surface area contributed by atoms with E-state index in [-0.39, 0.29) is 16.5 Å². The second-order valence-electron chi connectivity index (χ2n) is 3.77. The maximum absolute atomic E-state index is 12.1. The van der Waals surface area contributed by atoms with Gasteiger partial charge in [0, 0.05) is 30.0 Å². The van der Waals surface area contributed by atoms with Crippen molar-refractivity contribution in [2.24, 2.45) is 0 Å². The third-order valence-corrected chi connectivity index (χ3v) is 4.84. The van der Waals surface area contributed by atoms with Crippen LogP contribution in [0.1, 0.15) is 0 Å². The van der Waals surface area contributed by atoms with Gasteiger partial charge >= 0.3 is 0 Å². The third kappa shape index (κ3) is 3.79. The lowest BCUT2D eigenvalue weighted by molar-refractivity contribution is 0.573. The first-order valence-corrected chi connectivity index (χ1v) is 8.05. The van der Waals surface area contributed by atoms with Crippen molar-refractivity contribution >= 4 is 37.6 Å². The Balaban J connectivity index is 2.05. The molecule has 2 aromatic rings. The molecule has 0 unspecified atom stereocenters. The number of benzene rings is 1. The Labute approximate surface area is 124 Å². The molecule has 102 valence electrons. The van der Waals surface area contributed by atoms with Crippen LogP contribution in [0, 0.1) is 0 Å². The average Bonchev–Trinajstić information content (AvgIpc) is 2.81. The average molecular weight is 365 g/mol. The summed E-state index contributed by atoms with van der Waals surface area (Å²) in [5, 5.41) is 0.185. The van der Waals surface area contributed by atoms with Gasteiger partial charge in [0.1, 0.15) is 4.90 Å². The Kier molecular flexibility index (Phi) is 4.62. The van der Waals surface area contributed by atoms with E-state index in [1.165, 1.54) is 6.07 Å². The van der Waals surface area contributed by atoms with Crippen molar-refractivity contribution in [2.75, 3.05) is 6.54 Å². The lowest BCUT2D eigenvalue weighted by atomic mass is 10.4. The van der Waals surface area contributed by atoms with Gasteiger partial charge in [-0.2, -0.15) is 0 Å². The van der Waals surface area contributed by atoms with Crippen molar-refractivity contribution in [1.29, 1.82) is 0 Å². The fraction of sp³-hybridized carbons (Fsp3) is 0.182. The molecular weight excluding hydrogens is 354 g/mol. The number of sulfonamides is 1. The molecular formula is C11H11BrClN3O2S. The van der Waals surface area contributed by atoms with Crippen LogP contribution in [0.25, 0.3) is 0 Å². The summed E-state index contributed by atoms with van der Waals surface area (Å²) < 4.78 is 29.1. The van der Waals surface area contributed by atoms with E-state index in [0.29, 0.717) is 6.54 Å². The second kappa shape index (κ2) is 6.04. The minimum atomic E-state index is -3.60. The maximum Gasteiger partial charge on any atom is 0.242 e. The van der Waals surface area contributed by atoms with Gasteiger partial charge in [0.25, 0.3) is 0 Å². The normalized spacial score (nSPS) is 11.7. The van der Waals surface area contributed by atoms with Crippen LogP contribution in [0.3, 0.4) is 0 Å². The van der Waals surface area contributed by atoms with Crippen molar-refractivity contribution in [3.63, 3.8) is 0 Å². The molecule has 0 saturated carbocycles. The highest BCUT2D eigenvalue weighted by Gasteiger charge is 2.17. The largest absolute Gasteiger partial charge is 0.336 e. The second-order valence-corrected chi connectivity index (χ2v) is 6.83. The van der Waals surface area contributed by atoms with Crippen molar-refractivity contribution in [2.45, 2.75) is 11.4 Å². The summed E-state index contributed by atoms with van der Waals surface area (Å²) >= 11 is 9.16. The highest BCUT2D eigenvalue weighted by Crippen LogP contribution is 2.24. The van der Waals surface area contributed by atoms with Crippen LogP contribution in [0.2, 0.25) is 5.02 Å². The quantitative estimate of drug-likeness (QED) is 0.885. The molecule has 19 heavy (non-hydrogen) atoms. The zero-order valence-electron chi connectivity index (χ0n) is 9.75. The Morgan fingerprint density at radius 2 is 2.21 bits per heavy atom. The highest BCUT2D eigenvalue weighted by atomic mass is 79.9. The molecule has 0 fully saturated rings. The number of aromatic nitrogens is 2. The number of imidazole rings is 1. The van der Waals surface area contributed by atoms with E-state index < -0.39 is 10.0 Å². The van der Waals surface area contributed by atoms with Crippen LogP contribution < -0.4 is 4.72 Å². The lowest BCUT2D eigenvalue weighted by Crippen LogP contribution is -2.27. The summed E-state index contributed by atoms with van der Waals surface area (Å²) in [6.07, 6.45) is 5.03. The van der Waals surface area contributed by atoms with Crippen LogP contribution in [0.5, 0.6) is 0 Å². The van der Waals surface area contributed by atoms with E-state index in [9.17, 15) is 8.42 Å². The molecule has 0 aliphatic rings. The first kappa shape index (κ1) is 14.5. The van der Waals surface area contributed by atoms with E-state index in [4.69, 9.17) is 11.6 Å². The van der Waals surface area contributed by atoms with Gasteiger partial charge in [0.05, 0.1) is 11.3 Å². The molecule has 8 heteroatoms. The molecule has 5 nitrogen and oxygen atoms in total. The molecule has 0 bridgehead atoms. The van der Waals surface area contributed by atoms with Crippen molar-refractivity contribution < 1.29 is 8.42 Å². The van der Waals surface area contributed by atoms with Crippen LogP contribution in [-0.2, 0) is 16.6 Å². The number of halogens is 2. The Morgan fingerprint density at radius 3 is 2.84 bits per heavy atom. The molecule has 0 spiro atoms. The molecule has 0 atom stereocenters. The monoisotopic (exact) mass is 363 g/mol. The topological polar surface area (TPSA) is 64.0 Å². The van der Waals surface area contributed by atoms with Crippen molar-refractivity contribution in [3.05, 3.63) is 46.4 Å². The fourth-order valence-electron chi connectivity index (χ4n) is 1.50. The molecule has 1 aromatic carbocycles. The van der Waals surface area contributed by atoms with Gasteiger partial charge in [-0.15, -0.1) is 0 Å². The van der Waals surface area contributed by atoms with Gasteiger partial charge in [-0.25, -0.2) is 18.1 Å². The predicted octanol–water partition coefficient (Wildman–Crippen LogP) is 2.28. The number of nitrogens with one attached hydrogen (secondary N) is 1. The summed E-state index contributed by atoms with van der Waals surface area (Å²) in [7, 11) is -3.60. The zero-order chi connectivity index (χ0) is 13.9. The van der Waals surface area contributed by atoms with Crippen LogP contribution >= 0.6 is 27.5 Å². The highest BCUT2D eigenvalue weighted by molar-refractivity contribution is 9.10. The molecule has 0 saturated heterocycles. The van der Waals surface area contributed by atoms with Crippen molar-refractivity contribution in [3.8, 4) is 0 Å². The predicted molar refractivity (Wildman–Crippen MR) is 76.6 cm³/mol. The van der Waals surface area contributed by atoms with Crippen LogP contribution in [0.15, 0.2) is 46.3 Å². The number of hydrogen-bond donors (Lipinski definition) is 1. The molecule has 0 aliphatic carbocycles. The lowest BCUT2D eigenvalue weighted by Gasteiger charge is -2.09. The fourth-order valence-corrected chi connectivity index (χ4v) is 3.56. The summed E-state index contributed by atoms with van der Waals surface area (Å²) in [5.41, 5.74) is 0. The van der Waals surface area contributed by atoms with Gasteiger partial charge in [-0.3, -0.25) is 0 Å². The summed E-state index contributed by atoms with van der Waals surface area (Å²) in [6, 6.07) is 4.65. The number of rotatable bonds is 5. The van der Waals surface area contributed by atoms with Gasteiger partial charge < -0.3 is 4.57 Å². The Hall–Kier alpha value is -0.890. The molecule has 1 N–H and O–H groups in total. The first-order valence-electron chi connectivity index (χ1n) is 5.39. The van der Waals surface area contributed by atoms with E-state index in [2.05, 4.69) is 25.6 Å². The first-order chi connectivity index (χ1) is 8.99. The number of nitrogens with zero attached hydrogens (tertiary/aromatic N) is 2. The zero-order valence-corrected chi connectivity index (χ0v) is 12.9. The van der Waals surface area contributed by atoms with E-state index in [1.807, 2.05) is 0 Å². The summed E-state index contributed by atoms with van der Waals surface area (Å²) in [6.45, 7) is 0.776. The van der Waals surface area contributed by atoms with E-state index >= 15 is 0 Å². The van der Waals surface area contributed by atoms with Gasteiger partial charge in [-0.05, 0) is 18.2 Å². The van der Waals surface area contributed by atoms with E-state index in [1.54, 1.807) is 35.4 Å². The van der Waals surface area contributed by atoms with E-state index in [0.717, 1.165) is 4.47 Å². The maximum atomic E-state index is 12.1. The minimum absolute atomic E-state index is 0.0722. The SMILES string of the molecule is O=S(=O)(NCCn1ccnc1)c1ccc(Br)cc1Cl. The minimum Gasteiger partial charge on any atom is -0.336 e. The Morgan fingerprint density at radius 1 is 1.42 bits per heavy atom. The van der Waals surface area contributed by atoms with Crippen LogP contribution in [-0.4, -0.2) is 24.5 Å². The number of hydrogen-bond acceptors (Lipinski definition) is 3. The summed E-state index contributed by atoms with van der Waals surface area (Å²) in [4.78, 5) is 3.95. The standard InChI is InChI=1S/C11H11BrClN3O2S/c12-9-1-2-11(10(13)7-9)19(17,18)15-4-6-16-5-3-14-8-16/h1-3,5,7-8,15H,4,6H2. The molecule has 1 heterocycles.